The highest BCUT2D eigenvalue weighted by Gasteiger charge is 2.29. The van der Waals surface area contributed by atoms with Crippen molar-refractivity contribution in [1.29, 1.82) is 0 Å². The minimum Gasteiger partial charge on any atom is -0.351 e. The number of carbonyl (C=O) groups excluding carboxylic acids is 1. The Bertz CT molecular complexity index is 1410. The third kappa shape index (κ3) is 5.07. The Morgan fingerprint density at radius 1 is 1.11 bits per heavy atom. The molecule has 35 heavy (non-hydrogen) atoms. The van der Waals surface area contributed by atoms with Gasteiger partial charge in [-0.15, -0.1) is 11.8 Å². The minimum atomic E-state index is -0.227. The quantitative estimate of drug-likeness (QED) is 0.408. The van der Waals surface area contributed by atoms with Gasteiger partial charge in [0.2, 0.25) is 5.91 Å². The van der Waals surface area contributed by atoms with Gasteiger partial charge in [0.15, 0.2) is 11.5 Å². The summed E-state index contributed by atoms with van der Waals surface area (Å²) in [6, 6.07) is 21.4. The summed E-state index contributed by atoms with van der Waals surface area (Å²) in [7, 11) is 0. The number of amides is 1. The van der Waals surface area contributed by atoms with Crippen molar-refractivity contribution in [2.45, 2.75) is 24.3 Å². The van der Waals surface area contributed by atoms with E-state index < -0.39 is 0 Å². The van der Waals surface area contributed by atoms with E-state index in [0.717, 1.165) is 29.0 Å². The van der Waals surface area contributed by atoms with Crippen molar-refractivity contribution in [3.05, 3.63) is 88.8 Å². The molecule has 4 aromatic rings. The van der Waals surface area contributed by atoms with Crippen molar-refractivity contribution in [1.82, 2.24) is 14.5 Å². The van der Waals surface area contributed by atoms with Crippen LogP contribution in [0.15, 0.2) is 82.6 Å². The zero-order valence-corrected chi connectivity index (χ0v) is 20.4. The third-order valence-electron chi connectivity index (χ3n) is 6.30. The van der Waals surface area contributed by atoms with Crippen LogP contribution in [0, 0.1) is 5.92 Å². The van der Waals surface area contributed by atoms with Gasteiger partial charge in [-0.1, -0.05) is 36.4 Å². The molecule has 3 heterocycles. The fourth-order valence-corrected chi connectivity index (χ4v) is 4.97. The van der Waals surface area contributed by atoms with Crippen molar-refractivity contribution in [2.75, 3.05) is 29.6 Å². The highest BCUT2D eigenvalue weighted by Crippen LogP contribution is 2.24. The largest absolute Gasteiger partial charge is 0.351 e. The predicted octanol–water partition coefficient (Wildman–Crippen LogP) is 4.42. The number of aromatic nitrogens is 3. The number of hydrogen-bond acceptors (Lipinski definition) is 6. The summed E-state index contributed by atoms with van der Waals surface area (Å²) in [5, 5.41) is 3.05. The fourth-order valence-electron chi connectivity index (χ4n) is 4.51. The van der Waals surface area contributed by atoms with Gasteiger partial charge in [0.1, 0.15) is 5.52 Å². The lowest BCUT2D eigenvalue weighted by atomic mass is 9.97. The van der Waals surface area contributed by atoms with Gasteiger partial charge in [-0.2, -0.15) is 0 Å². The molecule has 1 aliphatic rings. The van der Waals surface area contributed by atoms with Crippen LogP contribution in [0.5, 0.6) is 0 Å². The van der Waals surface area contributed by atoms with Crippen LogP contribution >= 0.6 is 11.8 Å². The van der Waals surface area contributed by atoms with E-state index in [-0.39, 0.29) is 17.4 Å². The summed E-state index contributed by atoms with van der Waals surface area (Å²) in [6.07, 6.45) is 5.28. The van der Waals surface area contributed by atoms with E-state index in [0.29, 0.717) is 36.6 Å². The van der Waals surface area contributed by atoms with Crippen LogP contribution in [0.3, 0.4) is 0 Å². The number of fused-ring (bicyclic) bond motifs is 1. The molecule has 1 saturated heterocycles. The molecule has 0 spiro atoms. The molecule has 8 heteroatoms. The van der Waals surface area contributed by atoms with Crippen LogP contribution in [-0.2, 0) is 11.3 Å². The minimum absolute atomic E-state index is 0.0278. The molecule has 1 atom stereocenters. The van der Waals surface area contributed by atoms with Crippen LogP contribution in [-0.4, -0.2) is 39.8 Å². The van der Waals surface area contributed by atoms with E-state index >= 15 is 0 Å². The first-order valence-electron chi connectivity index (χ1n) is 11.7. The molecule has 1 aliphatic heterocycles. The molecule has 1 fully saturated rings. The number of thioether (sulfide) groups is 1. The normalized spacial score (nSPS) is 15.8. The fraction of sp³-hybridized carbons (Fsp3) is 0.259. The van der Waals surface area contributed by atoms with E-state index in [1.807, 2.05) is 77.9 Å². The molecule has 2 aromatic carbocycles. The van der Waals surface area contributed by atoms with Crippen molar-refractivity contribution >= 4 is 40.3 Å². The summed E-state index contributed by atoms with van der Waals surface area (Å²) >= 11 is 1.64. The van der Waals surface area contributed by atoms with Crippen LogP contribution in [0.1, 0.15) is 18.4 Å². The molecule has 5 rings (SSSR count). The van der Waals surface area contributed by atoms with E-state index in [9.17, 15) is 9.59 Å². The Labute approximate surface area is 208 Å². The number of hydrogen-bond donors (Lipinski definition) is 1. The summed E-state index contributed by atoms with van der Waals surface area (Å²) in [5.74, 6) is 0.124. The molecule has 7 nitrogen and oxygen atoms in total. The monoisotopic (exact) mass is 485 g/mol. The lowest BCUT2D eigenvalue weighted by Crippen LogP contribution is -2.44. The van der Waals surface area contributed by atoms with Gasteiger partial charge in [-0.05, 0) is 55.0 Å². The number of pyridine rings is 1. The SMILES string of the molecule is CSc1cccc(NC(=O)C2CCCN(c3nc4cccnc4n(Cc4ccccc4)c3=O)C2)c1. The second-order valence-electron chi connectivity index (χ2n) is 8.66. The van der Waals surface area contributed by atoms with E-state index in [4.69, 9.17) is 4.98 Å². The number of benzene rings is 2. The molecular weight excluding hydrogens is 458 g/mol. The summed E-state index contributed by atoms with van der Waals surface area (Å²) in [6.45, 7) is 1.55. The maximum atomic E-state index is 13.6. The Kier molecular flexibility index (Phi) is 6.81. The summed E-state index contributed by atoms with van der Waals surface area (Å²) < 4.78 is 1.69. The molecule has 0 saturated carbocycles. The number of nitrogens with one attached hydrogen (secondary N) is 1. The molecule has 1 unspecified atom stereocenters. The predicted molar refractivity (Wildman–Crippen MR) is 141 cm³/mol. The Balaban J connectivity index is 1.43. The van der Waals surface area contributed by atoms with Crippen LogP contribution in [0.25, 0.3) is 11.2 Å². The standard InChI is InChI=1S/C27H27N5O2S/c1-35-22-12-5-11-21(16-22)29-26(33)20-10-7-15-31(18-20)25-27(34)32(17-19-8-3-2-4-9-19)24-23(30-25)13-6-14-28-24/h2-6,8-9,11-14,16,20H,7,10,15,17-18H2,1H3,(H,29,33). The lowest BCUT2D eigenvalue weighted by molar-refractivity contribution is -0.120. The molecule has 1 N–H and O–H groups in total. The second kappa shape index (κ2) is 10.3. The Hall–Kier alpha value is -3.65. The van der Waals surface area contributed by atoms with E-state index in [1.54, 1.807) is 22.5 Å². The van der Waals surface area contributed by atoms with Gasteiger partial charge >= 0.3 is 0 Å². The van der Waals surface area contributed by atoms with Gasteiger partial charge in [0.05, 0.1) is 12.5 Å². The average molecular weight is 486 g/mol. The van der Waals surface area contributed by atoms with Crippen molar-refractivity contribution in [3.8, 4) is 0 Å². The molecule has 0 bridgehead atoms. The average Bonchev–Trinajstić information content (AvgIpc) is 2.91. The van der Waals surface area contributed by atoms with Crippen LogP contribution in [0.4, 0.5) is 11.5 Å². The molecule has 0 radical (unpaired) electrons. The maximum absolute atomic E-state index is 13.6. The van der Waals surface area contributed by atoms with Gasteiger partial charge in [0.25, 0.3) is 5.56 Å². The lowest BCUT2D eigenvalue weighted by Gasteiger charge is -2.32. The first kappa shape index (κ1) is 23.1. The summed E-state index contributed by atoms with van der Waals surface area (Å²) in [4.78, 5) is 38.9. The zero-order chi connectivity index (χ0) is 24.2. The van der Waals surface area contributed by atoms with Gasteiger partial charge in [0, 0.05) is 29.9 Å². The second-order valence-corrected chi connectivity index (χ2v) is 9.54. The van der Waals surface area contributed by atoms with Crippen LogP contribution in [0.2, 0.25) is 0 Å². The number of piperidine rings is 1. The van der Waals surface area contributed by atoms with Gasteiger partial charge in [-0.25, -0.2) is 9.97 Å². The van der Waals surface area contributed by atoms with E-state index in [2.05, 4.69) is 10.3 Å². The smallest absolute Gasteiger partial charge is 0.295 e. The highest BCUT2D eigenvalue weighted by atomic mass is 32.2. The molecule has 2 aromatic heterocycles. The van der Waals surface area contributed by atoms with Crippen molar-refractivity contribution in [2.24, 2.45) is 5.92 Å². The first-order valence-corrected chi connectivity index (χ1v) is 12.9. The third-order valence-corrected chi connectivity index (χ3v) is 7.02. The molecule has 0 aliphatic carbocycles. The number of rotatable bonds is 6. The number of anilines is 2. The first-order chi connectivity index (χ1) is 17.1. The molecule has 1 amide bonds. The van der Waals surface area contributed by atoms with Crippen molar-refractivity contribution < 1.29 is 4.79 Å². The van der Waals surface area contributed by atoms with Crippen molar-refractivity contribution in [3.63, 3.8) is 0 Å². The summed E-state index contributed by atoms with van der Waals surface area (Å²) in [5.41, 5.74) is 2.85. The Morgan fingerprint density at radius 2 is 1.97 bits per heavy atom. The number of carbonyl (C=O) groups is 1. The molecular formula is C27H27N5O2S. The Morgan fingerprint density at radius 3 is 2.80 bits per heavy atom. The van der Waals surface area contributed by atoms with Crippen LogP contribution < -0.4 is 15.8 Å². The highest BCUT2D eigenvalue weighted by molar-refractivity contribution is 7.98. The van der Waals surface area contributed by atoms with Gasteiger partial charge in [-0.3, -0.25) is 14.2 Å². The maximum Gasteiger partial charge on any atom is 0.295 e. The van der Waals surface area contributed by atoms with Gasteiger partial charge < -0.3 is 10.2 Å². The topological polar surface area (TPSA) is 80.1 Å². The number of nitrogens with zero attached hydrogens (tertiary/aromatic N) is 4. The zero-order valence-electron chi connectivity index (χ0n) is 19.6. The van der Waals surface area contributed by atoms with E-state index in [1.165, 1.54) is 0 Å². The molecule has 178 valence electrons.